The fourth-order valence-corrected chi connectivity index (χ4v) is 2.89. The van der Waals surface area contributed by atoms with E-state index in [-0.39, 0.29) is 18.7 Å². The molecular weight excluding hydrogens is 290 g/mol. The molecule has 0 spiro atoms. The van der Waals surface area contributed by atoms with Crippen LogP contribution in [0.15, 0.2) is 51.3 Å². The van der Waals surface area contributed by atoms with E-state index < -0.39 is 6.10 Å². The third-order valence-electron chi connectivity index (χ3n) is 3.13. The number of aliphatic hydroxyl groups is 1. The minimum absolute atomic E-state index is 0.0844. The van der Waals surface area contributed by atoms with Crippen LogP contribution in [0.1, 0.15) is 5.76 Å². The van der Waals surface area contributed by atoms with E-state index in [2.05, 4.69) is 0 Å². The van der Waals surface area contributed by atoms with Crippen molar-refractivity contribution in [1.29, 1.82) is 0 Å². The molecule has 0 fully saturated rings. The number of pyridine rings is 1. The average Bonchev–Trinajstić information content (AvgIpc) is 3.13. The highest BCUT2D eigenvalue weighted by atomic mass is 32.1. The quantitative estimate of drug-likeness (QED) is 0.758. The Kier molecular flexibility index (Phi) is 4.19. The number of furan rings is 1. The number of fused-ring (bicyclic) bond motifs is 1. The summed E-state index contributed by atoms with van der Waals surface area (Å²) in [5, 5.41) is 12.5. The highest BCUT2D eigenvalue weighted by Crippen LogP contribution is 2.16. The van der Waals surface area contributed by atoms with Crippen molar-refractivity contribution in [3.05, 3.63) is 58.2 Å². The van der Waals surface area contributed by atoms with Gasteiger partial charge in [-0.25, -0.2) is 0 Å². The van der Waals surface area contributed by atoms with Crippen LogP contribution in [-0.4, -0.2) is 22.4 Å². The fourth-order valence-electron chi connectivity index (χ4n) is 2.12. The normalized spacial score (nSPS) is 12.8. The highest BCUT2D eigenvalue weighted by Gasteiger charge is 2.09. The molecule has 0 aromatic carbocycles. The molecule has 3 heterocycles. The summed E-state index contributed by atoms with van der Waals surface area (Å²) in [6.45, 7) is 0.667. The van der Waals surface area contributed by atoms with Crippen LogP contribution in [0.3, 0.4) is 0 Å². The Balaban J connectivity index is 1.59. The van der Waals surface area contributed by atoms with Gasteiger partial charge in [0.25, 0.3) is 5.56 Å². The predicted molar refractivity (Wildman–Crippen MR) is 80.5 cm³/mol. The zero-order valence-corrected chi connectivity index (χ0v) is 12.1. The first kappa shape index (κ1) is 14.1. The van der Waals surface area contributed by atoms with Crippen LogP contribution in [0.5, 0.6) is 0 Å². The summed E-state index contributed by atoms with van der Waals surface area (Å²) in [5.41, 5.74) is -0.0844. The lowest BCUT2D eigenvalue weighted by Gasteiger charge is -2.12. The van der Waals surface area contributed by atoms with Gasteiger partial charge in [-0.2, -0.15) is 0 Å². The molecule has 0 aliphatic rings. The molecule has 3 aromatic rings. The van der Waals surface area contributed by atoms with Crippen LogP contribution < -0.4 is 5.56 Å². The van der Waals surface area contributed by atoms with E-state index in [0.29, 0.717) is 17.8 Å². The molecule has 21 heavy (non-hydrogen) atoms. The van der Waals surface area contributed by atoms with Crippen LogP contribution in [-0.2, 0) is 17.9 Å². The lowest BCUT2D eigenvalue weighted by molar-refractivity contribution is 0.0143. The maximum absolute atomic E-state index is 12.2. The number of nitrogens with zero attached hydrogens (tertiary/aromatic N) is 1. The van der Waals surface area contributed by atoms with Crippen molar-refractivity contribution in [3.63, 3.8) is 0 Å². The first-order valence-electron chi connectivity index (χ1n) is 6.59. The van der Waals surface area contributed by atoms with Crippen molar-refractivity contribution in [3.8, 4) is 0 Å². The van der Waals surface area contributed by atoms with E-state index in [0.717, 1.165) is 4.70 Å². The van der Waals surface area contributed by atoms with Crippen LogP contribution >= 0.6 is 11.3 Å². The summed E-state index contributed by atoms with van der Waals surface area (Å²) < 4.78 is 13.0. The molecule has 0 saturated carbocycles. The number of hydrogen-bond acceptors (Lipinski definition) is 5. The highest BCUT2D eigenvalue weighted by molar-refractivity contribution is 7.17. The lowest BCUT2D eigenvalue weighted by atomic mass is 10.3. The van der Waals surface area contributed by atoms with Crippen molar-refractivity contribution in [1.82, 2.24) is 4.57 Å². The van der Waals surface area contributed by atoms with E-state index in [1.807, 2.05) is 11.4 Å². The monoisotopic (exact) mass is 305 g/mol. The third-order valence-corrected chi connectivity index (χ3v) is 4.02. The van der Waals surface area contributed by atoms with Gasteiger partial charge in [-0.1, -0.05) is 0 Å². The topological polar surface area (TPSA) is 64.6 Å². The third kappa shape index (κ3) is 3.24. The van der Waals surface area contributed by atoms with E-state index in [9.17, 15) is 9.90 Å². The Morgan fingerprint density at radius 2 is 2.29 bits per heavy atom. The molecule has 0 amide bonds. The second kappa shape index (κ2) is 6.26. The molecule has 0 aliphatic carbocycles. The molecule has 0 bridgehead atoms. The van der Waals surface area contributed by atoms with Gasteiger partial charge in [-0.15, -0.1) is 11.3 Å². The smallest absolute Gasteiger partial charge is 0.259 e. The first-order chi connectivity index (χ1) is 10.2. The van der Waals surface area contributed by atoms with E-state index in [1.54, 1.807) is 30.7 Å². The van der Waals surface area contributed by atoms with Crippen molar-refractivity contribution in [2.75, 3.05) is 6.61 Å². The predicted octanol–water partition coefficient (Wildman–Crippen LogP) is 2.23. The Bertz CT molecular complexity index is 759. The van der Waals surface area contributed by atoms with Gasteiger partial charge < -0.3 is 18.8 Å². The summed E-state index contributed by atoms with van der Waals surface area (Å²) in [6, 6.07) is 7.28. The van der Waals surface area contributed by atoms with Gasteiger partial charge >= 0.3 is 0 Å². The molecule has 5 nitrogen and oxygen atoms in total. The van der Waals surface area contributed by atoms with Gasteiger partial charge in [0.15, 0.2) is 0 Å². The SMILES string of the molecule is O=c1c2ccsc2ccn1CC(O)COCc1ccco1. The summed E-state index contributed by atoms with van der Waals surface area (Å²) in [5.74, 6) is 0.707. The molecule has 3 aromatic heterocycles. The standard InChI is InChI=1S/C15H15NO4S/c17-11(9-19-10-12-2-1-6-20-12)8-16-5-3-14-13(15(16)18)4-7-21-14/h1-7,11,17H,8-10H2. The Morgan fingerprint density at radius 1 is 1.38 bits per heavy atom. The molecule has 1 unspecified atom stereocenters. The van der Waals surface area contributed by atoms with Crippen molar-refractivity contribution >= 4 is 21.4 Å². The van der Waals surface area contributed by atoms with Gasteiger partial charge in [0.1, 0.15) is 12.4 Å². The Labute approximate surface area is 125 Å². The van der Waals surface area contributed by atoms with E-state index in [4.69, 9.17) is 9.15 Å². The van der Waals surface area contributed by atoms with Crippen LogP contribution in [0.25, 0.3) is 10.1 Å². The summed E-state index contributed by atoms with van der Waals surface area (Å²) in [7, 11) is 0. The number of aromatic nitrogens is 1. The second-order valence-electron chi connectivity index (χ2n) is 4.72. The number of rotatable bonds is 6. The van der Waals surface area contributed by atoms with Crippen molar-refractivity contribution in [2.24, 2.45) is 0 Å². The number of thiophene rings is 1. The zero-order valence-electron chi connectivity index (χ0n) is 11.3. The minimum atomic E-state index is -0.742. The van der Waals surface area contributed by atoms with Gasteiger partial charge in [0.05, 0.1) is 30.9 Å². The number of hydrogen-bond donors (Lipinski definition) is 1. The van der Waals surface area contributed by atoms with Gasteiger partial charge in [0.2, 0.25) is 0 Å². The molecule has 0 radical (unpaired) electrons. The molecular formula is C15H15NO4S. The Hall–Kier alpha value is -1.89. The molecule has 0 aliphatic heterocycles. The van der Waals surface area contributed by atoms with E-state index in [1.165, 1.54) is 15.9 Å². The van der Waals surface area contributed by atoms with Crippen LogP contribution in [0, 0.1) is 0 Å². The van der Waals surface area contributed by atoms with Gasteiger partial charge in [0, 0.05) is 10.9 Å². The zero-order chi connectivity index (χ0) is 14.7. The number of aliphatic hydroxyl groups excluding tert-OH is 1. The molecule has 6 heteroatoms. The molecule has 0 saturated heterocycles. The Morgan fingerprint density at radius 3 is 3.10 bits per heavy atom. The second-order valence-corrected chi connectivity index (χ2v) is 5.67. The van der Waals surface area contributed by atoms with Crippen LogP contribution in [0.2, 0.25) is 0 Å². The largest absolute Gasteiger partial charge is 0.467 e. The van der Waals surface area contributed by atoms with E-state index >= 15 is 0 Å². The van der Waals surface area contributed by atoms with Crippen LogP contribution in [0.4, 0.5) is 0 Å². The summed E-state index contributed by atoms with van der Waals surface area (Å²) >= 11 is 1.53. The summed E-state index contributed by atoms with van der Waals surface area (Å²) in [4.78, 5) is 12.2. The fraction of sp³-hybridized carbons (Fsp3) is 0.267. The summed E-state index contributed by atoms with van der Waals surface area (Å²) in [6.07, 6.45) is 2.54. The van der Waals surface area contributed by atoms with Gasteiger partial charge in [-0.05, 0) is 29.6 Å². The first-order valence-corrected chi connectivity index (χ1v) is 7.47. The molecule has 110 valence electrons. The van der Waals surface area contributed by atoms with Crippen molar-refractivity contribution < 1.29 is 14.3 Å². The lowest BCUT2D eigenvalue weighted by Crippen LogP contribution is -2.28. The van der Waals surface area contributed by atoms with Gasteiger partial charge in [-0.3, -0.25) is 4.79 Å². The maximum Gasteiger partial charge on any atom is 0.259 e. The molecule has 3 rings (SSSR count). The minimum Gasteiger partial charge on any atom is -0.467 e. The molecule has 1 N–H and O–H groups in total. The number of ether oxygens (including phenoxy) is 1. The maximum atomic E-state index is 12.2. The molecule has 1 atom stereocenters. The average molecular weight is 305 g/mol. The van der Waals surface area contributed by atoms with Crippen molar-refractivity contribution in [2.45, 2.75) is 19.3 Å².